The van der Waals surface area contributed by atoms with Crippen molar-refractivity contribution in [2.75, 3.05) is 18.4 Å². The fraction of sp³-hybridized carbons (Fsp3) is 0.185. The number of anilines is 2. The molecule has 186 valence electrons. The predicted octanol–water partition coefficient (Wildman–Crippen LogP) is 5.25. The molecule has 0 spiro atoms. The number of likely N-dealkylation sites (tertiary alicyclic amines) is 1. The number of nitrogens with zero attached hydrogens (tertiary/aromatic N) is 5. The maximum Gasteiger partial charge on any atom is 0.270 e. The quantitative estimate of drug-likeness (QED) is 0.345. The van der Waals surface area contributed by atoms with Crippen molar-refractivity contribution in [3.8, 4) is 22.5 Å². The standard InChI is InChI=1S/C27H23F2N7O/c1-35-22-13-19(3-2-18(22)12-23(35)26(37)36-11-9-27(28,29)16-36)25-30-10-8-24(34-25)33-21-6-4-17(5-7-21)20-14-31-32-15-20/h2-8,10,12-15H,9,11,16H2,1H3,(H,31,32)(H,30,33,34). The lowest BCUT2D eigenvalue weighted by molar-refractivity contribution is 0.0119. The molecule has 0 radical (unpaired) electrons. The molecule has 1 fully saturated rings. The highest BCUT2D eigenvalue weighted by atomic mass is 19.3. The number of aryl methyl sites for hydroxylation is 1. The zero-order valence-corrected chi connectivity index (χ0v) is 19.9. The van der Waals surface area contributed by atoms with Gasteiger partial charge in [-0.05, 0) is 35.9 Å². The molecule has 5 aromatic rings. The van der Waals surface area contributed by atoms with Crippen LogP contribution < -0.4 is 5.32 Å². The van der Waals surface area contributed by atoms with Crippen molar-refractivity contribution < 1.29 is 13.6 Å². The molecule has 1 saturated heterocycles. The first-order chi connectivity index (χ1) is 17.9. The molecule has 1 aliphatic rings. The molecule has 1 amide bonds. The third-order valence-corrected chi connectivity index (χ3v) is 6.62. The van der Waals surface area contributed by atoms with Gasteiger partial charge in [0, 0.05) is 60.1 Å². The van der Waals surface area contributed by atoms with Crippen molar-refractivity contribution in [3.63, 3.8) is 0 Å². The Morgan fingerprint density at radius 2 is 1.86 bits per heavy atom. The smallest absolute Gasteiger partial charge is 0.270 e. The number of hydrogen-bond acceptors (Lipinski definition) is 5. The summed E-state index contributed by atoms with van der Waals surface area (Å²) in [6.07, 6.45) is 4.99. The number of aromatic nitrogens is 5. The fourth-order valence-electron chi connectivity index (χ4n) is 4.62. The average Bonchev–Trinajstić information content (AvgIpc) is 3.64. The summed E-state index contributed by atoms with van der Waals surface area (Å²) in [5.41, 5.74) is 4.89. The molecule has 0 saturated carbocycles. The number of fused-ring (bicyclic) bond motifs is 1. The number of carbonyl (C=O) groups excluding carboxylic acids is 1. The van der Waals surface area contributed by atoms with Crippen LogP contribution in [-0.4, -0.2) is 54.6 Å². The summed E-state index contributed by atoms with van der Waals surface area (Å²) in [4.78, 5) is 23.2. The van der Waals surface area contributed by atoms with Crippen molar-refractivity contribution in [2.24, 2.45) is 7.05 Å². The van der Waals surface area contributed by atoms with Crippen molar-refractivity contribution in [1.82, 2.24) is 29.6 Å². The van der Waals surface area contributed by atoms with Crippen LogP contribution in [0.5, 0.6) is 0 Å². The van der Waals surface area contributed by atoms with E-state index in [0.29, 0.717) is 17.3 Å². The van der Waals surface area contributed by atoms with Crippen LogP contribution >= 0.6 is 0 Å². The number of rotatable bonds is 5. The zero-order chi connectivity index (χ0) is 25.6. The van der Waals surface area contributed by atoms with Crippen LogP contribution in [0.25, 0.3) is 33.4 Å². The van der Waals surface area contributed by atoms with Crippen molar-refractivity contribution in [1.29, 1.82) is 0 Å². The van der Waals surface area contributed by atoms with E-state index in [2.05, 4.69) is 25.5 Å². The molecule has 6 rings (SSSR count). The molecule has 37 heavy (non-hydrogen) atoms. The Hall–Kier alpha value is -4.60. The van der Waals surface area contributed by atoms with Gasteiger partial charge in [-0.3, -0.25) is 9.89 Å². The second kappa shape index (κ2) is 8.81. The van der Waals surface area contributed by atoms with Gasteiger partial charge in [0.1, 0.15) is 11.5 Å². The average molecular weight is 500 g/mol. The summed E-state index contributed by atoms with van der Waals surface area (Å²) in [6.45, 7) is -0.489. The van der Waals surface area contributed by atoms with Gasteiger partial charge in [-0.1, -0.05) is 24.3 Å². The van der Waals surface area contributed by atoms with Crippen LogP contribution in [0.4, 0.5) is 20.3 Å². The normalized spacial score (nSPS) is 14.8. The van der Waals surface area contributed by atoms with Gasteiger partial charge in [-0.2, -0.15) is 5.10 Å². The van der Waals surface area contributed by atoms with Gasteiger partial charge in [-0.15, -0.1) is 0 Å². The second-order valence-corrected chi connectivity index (χ2v) is 9.15. The fourth-order valence-corrected chi connectivity index (χ4v) is 4.62. The van der Waals surface area contributed by atoms with E-state index in [1.54, 1.807) is 36.1 Å². The number of halogens is 2. The molecule has 1 aliphatic heterocycles. The highest BCUT2D eigenvalue weighted by Crippen LogP contribution is 2.30. The monoisotopic (exact) mass is 499 g/mol. The number of nitrogens with one attached hydrogen (secondary N) is 2. The lowest BCUT2D eigenvalue weighted by Gasteiger charge is -2.16. The summed E-state index contributed by atoms with van der Waals surface area (Å²) in [6, 6.07) is 17.1. The maximum atomic E-state index is 13.6. The molecule has 0 atom stereocenters. The second-order valence-electron chi connectivity index (χ2n) is 9.15. The van der Waals surface area contributed by atoms with E-state index in [0.717, 1.165) is 33.3 Å². The number of amides is 1. The molecule has 0 bridgehead atoms. The Morgan fingerprint density at radius 1 is 1.05 bits per heavy atom. The van der Waals surface area contributed by atoms with E-state index in [9.17, 15) is 13.6 Å². The molecule has 2 N–H and O–H groups in total. The number of alkyl halides is 2. The van der Waals surface area contributed by atoms with Crippen LogP contribution in [0.2, 0.25) is 0 Å². The Kier molecular flexibility index (Phi) is 5.44. The highest BCUT2D eigenvalue weighted by Gasteiger charge is 2.41. The lowest BCUT2D eigenvalue weighted by atomic mass is 10.1. The topological polar surface area (TPSA) is 91.7 Å². The predicted molar refractivity (Wildman–Crippen MR) is 137 cm³/mol. The van der Waals surface area contributed by atoms with E-state index in [-0.39, 0.29) is 13.0 Å². The van der Waals surface area contributed by atoms with Crippen molar-refractivity contribution in [2.45, 2.75) is 12.3 Å². The summed E-state index contributed by atoms with van der Waals surface area (Å²) < 4.78 is 29.0. The zero-order valence-electron chi connectivity index (χ0n) is 19.9. The van der Waals surface area contributed by atoms with Crippen LogP contribution in [0, 0.1) is 0 Å². The van der Waals surface area contributed by atoms with E-state index >= 15 is 0 Å². The number of H-pyrrole nitrogens is 1. The molecule has 2 aromatic carbocycles. The Labute approximate surface area is 211 Å². The van der Waals surface area contributed by atoms with Gasteiger partial charge in [0.2, 0.25) is 0 Å². The summed E-state index contributed by atoms with van der Waals surface area (Å²) in [5.74, 6) is -2.06. The molecule has 4 heterocycles. The van der Waals surface area contributed by atoms with Gasteiger partial charge >= 0.3 is 0 Å². The molecule has 0 aliphatic carbocycles. The van der Waals surface area contributed by atoms with Gasteiger partial charge in [0.05, 0.1) is 12.7 Å². The van der Waals surface area contributed by atoms with E-state index < -0.39 is 18.4 Å². The molecule has 8 nitrogen and oxygen atoms in total. The number of hydrogen-bond donors (Lipinski definition) is 2. The molecule has 0 unspecified atom stereocenters. The third-order valence-electron chi connectivity index (χ3n) is 6.62. The van der Waals surface area contributed by atoms with Crippen molar-refractivity contribution in [3.05, 3.63) is 78.9 Å². The minimum atomic E-state index is -2.83. The van der Waals surface area contributed by atoms with Gasteiger partial charge < -0.3 is 14.8 Å². The summed E-state index contributed by atoms with van der Waals surface area (Å²) in [5, 5.41) is 10.9. The van der Waals surface area contributed by atoms with Gasteiger partial charge in [-0.25, -0.2) is 18.7 Å². The molecule has 10 heteroatoms. The number of carbonyl (C=O) groups is 1. The Morgan fingerprint density at radius 3 is 2.59 bits per heavy atom. The number of aromatic amines is 1. The van der Waals surface area contributed by atoms with Crippen LogP contribution in [-0.2, 0) is 7.05 Å². The molecule has 3 aromatic heterocycles. The van der Waals surface area contributed by atoms with Crippen LogP contribution in [0.15, 0.2) is 73.2 Å². The first-order valence-corrected chi connectivity index (χ1v) is 11.8. The first kappa shape index (κ1) is 22.8. The lowest BCUT2D eigenvalue weighted by Crippen LogP contribution is -2.32. The first-order valence-electron chi connectivity index (χ1n) is 11.8. The van der Waals surface area contributed by atoms with Gasteiger partial charge in [0.15, 0.2) is 5.82 Å². The summed E-state index contributed by atoms with van der Waals surface area (Å²) in [7, 11) is 1.76. The molecular formula is C27H23F2N7O. The highest BCUT2D eigenvalue weighted by molar-refractivity contribution is 5.99. The largest absolute Gasteiger partial charge is 0.340 e. The minimum Gasteiger partial charge on any atom is -0.340 e. The van der Waals surface area contributed by atoms with E-state index in [1.165, 1.54) is 4.90 Å². The number of benzene rings is 2. The molecular weight excluding hydrogens is 476 g/mol. The van der Waals surface area contributed by atoms with E-state index in [1.807, 2.05) is 48.7 Å². The Bertz CT molecular complexity index is 1590. The van der Waals surface area contributed by atoms with E-state index in [4.69, 9.17) is 0 Å². The van der Waals surface area contributed by atoms with Crippen LogP contribution in [0.3, 0.4) is 0 Å². The van der Waals surface area contributed by atoms with Crippen molar-refractivity contribution >= 4 is 28.3 Å². The van der Waals surface area contributed by atoms with Gasteiger partial charge in [0.25, 0.3) is 11.8 Å². The SMILES string of the molecule is Cn1c(C(=O)N2CCC(F)(F)C2)cc2ccc(-c3nccc(Nc4ccc(-c5cn[nH]c5)cc4)n3)cc21. The minimum absolute atomic E-state index is 0.0539. The Balaban J connectivity index is 1.24. The summed E-state index contributed by atoms with van der Waals surface area (Å²) >= 11 is 0. The van der Waals surface area contributed by atoms with Crippen LogP contribution in [0.1, 0.15) is 16.9 Å². The third kappa shape index (κ3) is 4.42. The maximum absolute atomic E-state index is 13.6.